The normalized spacial score (nSPS) is 18.4. The van der Waals surface area contributed by atoms with Crippen molar-refractivity contribution < 1.29 is 4.42 Å². The van der Waals surface area contributed by atoms with E-state index >= 15 is 0 Å². The van der Waals surface area contributed by atoms with E-state index in [0.717, 1.165) is 28.7 Å². The van der Waals surface area contributed by atoms with Crippen molar-refractivity contribution in [2.24, 2.45) is 0 Å². The molecule has 0 atom stereocenters. The summed E-state index contributed by atoms with van der Waals surface area (Å²) in [5, 5.41) is 1.15. The number of benzene rings is 6. The van der Waals surface area contributed by atoms with E-state index in [-0.39, 0.29) is 33.8 Å². The third-order valence-electron chi connectivity index (χ3n) is 16.9. The summed E-state index contributed by atoms with van der Waals surface area (Å²) in [6.45, 7) is 35.5. The summed E-state index contributed by atoms with van der Waals surface area (Å²) in [4.78, 5) is 5.25. The van der Waals surface area contributed by atoms with Gasteiger partial charge in [-0.2, -0.15) is 0 Å². The first-order chi connectivity index (χ1) is 30.9. The van der Waals surface area contributed by atoms with E-state index in [4.69, 9.17) is 4.42 Å². The van der Waals surface area contributed by atoms with E-state index in [1.54, 1.807) is 0 Å². The Morgan fingerprint density at radius 3 is 1.79 bits per heavy atom. The summed E-state index contributed by atoms with van der Waals surface area (Å²) in [7, 11) is 0. The van der Waals surface area contributed by atoms with Crippen LogP contribution < -0.4 is 26.4 Å². The van der Waals surface area contributed by atoms with Crippen LogP contribution in [0, 0.1) is 27.7 Å². The molecule has 0 saturated heterocycles. The summed E-state index contributed by atoms with van der Waals surface area (Å²) in [5.74, 6) is 0. The molecule has 66 heavy (non-hydrogen) atoms. The molecular formula is C62H69BN2O. The lowest BCUT2D eigenvalue weighted by molar-refractivity contribution is 0.332. The molecule has 2 aliphatic carbocycles. The largest absolute Gasteiger partial charge is 0.468 e. The van der Waals surface area contributed by atoms with E-state index in [1.165, 1.54) is 120 Å². The molecule has 0 spiro atoms. The van der Waals surface area contributed by atoms with Crippen molar-refractivity contribution in [1.82, 2.24) is 0 Å². The minimum absolute atomic E-state index is 0.0461. The van der Waals surface area contributed by atoms with E-state index < -0.39 is 0 Å². The average Bonchev–Trinajstić information content (AvgIpc) is 3.62. The summed E-state index contributed by atoms with van der Waals surface area (Å²) in [5.41, 5.74) is 27.1. The van der Waals surface area contributed by atoms with Crippen molar-refractivity contribution >= 4 is 68.4 Å². The Morgan fingerprint density at radius 2 is 1.14 bits per heavy atom. The topological polar surface area (TPSA) is 19.6 Å². The Hall–Kier alpha value is -5.48. The van der Waals surface area contributed by atoms with Gasteiger partial charge in [-0.05, 0) is 196 Å². The number of rotatable bonds is 3. The second-order valence-electron chi connectivity index (χ2n) is 24.6. The molecule has 7 aromatic rings. The van der Waals surface area contributed by atoms with E-state index in [9.17, 15) is 0 Å². The van der Waals surface area contributed by atoms with Gasteiger partial charge in [0.05, 0.1) is 11.3 Å². The third kappa shape index (κ3) is 6.36. The van der Waals surface area contributed by atoms with Gasteiger partial charge < -0.3 is 14.2 Å². The average molecular weight is 869 g/mol. The third-order valence-corrected chi connectivity index (χ3v) is 16.9. The Morgan fingerprint density at radius 1 is 0.515 bits per heavy atom. The van der Waals surface area contributed by atoms with E-state index in [1.807, 2.05) is 0 Å². The van der Waals surface area contributed by atoms with Crippen molar-refractivity contribution in [3.05, 3.63) is 147 Å². The molecule has 0 unspecified atom stereocenters. The summed E-state index contributed by atoms with van der Waals surface area (Å²) in [6.07, 6.45) is 4.71. The quantitative estimate of drug-likeness (QED) is 0.165. The van der Waals surface area contributed by atoms with Gasteiger partial charge in [-0.3, -0.25) is 0 Å². The van der Waals surface area contributed by atoms with Gasteiger partial charge in [0.1, 0.15) is 5.58 Å². The molecule has 3 nitrogen and oxygen atoms in total. The summed E-state index contributed by atoms with van der Waals surface area (Å²) in [6, 6.07) is 38.6. The summed E-state index contributed by atoms with van der Waals surface area (Å²) >= 11 is 0. The lowest BCUT2D eigenvalue weighted by Crippen LogP contribution is -2.61. The molecule has 336 valence electrons. The Bertz CT molecular complexity index is 3200. The van der Waals surface area contributed by atoms with Gasteiger partial charge in [0.25, 0.3) is 6.71 Å². The van der Waals surface area contributed by atoms with Crippen LogP contribution in [0.3, 0.4) is 0 Å². The molecule has 0 bridgehead atoms. The van der Waals surface area contributed by atoms with Gasteiger partial charge in [0.15, 0.2) is 0 Å². The number of hydrogen-bond acceptors (Lipinski definition) is 3. The molecule has 2 aliphatic heterocycles. The van der Waals surface area contributed by atoms with Crippen LogP contribution in [0.2, 0.25) is 0 Å². The van der Waals surface area contributed by atoms with Gasteiger partial charge in [0.2, 0.25) is 0 Å². The van der Waals surface area contributed by atoms with Crippen molar-refractivity contribution in [3.63, 3.8) is 0 Å². The number of fused-ring (bicyclic) bond motifs is 8. The fraction of sp³-hybridized carbons (Fsp3) is 0.387. The molecule has 3 heterocycles. The molecule has 0 radical (unpaired) electrons. The maximum Gasteiger partial charge on any atom is 0.297 e. The molecule has 0 amide bonds. The number of anilines is 6. The lowest BCUT2D eigenvalue weighted by Gasteiger charge is -2.46. The maximum absolute atomic E-state index is 7.46. The minimum atomic E-state index is -0.117. The SMILES string of the molecule is Cc1ccc(-c2ccc3oc4c(c3c2)N(c2ccc3c(c2)C(C)(C)CCC3(C)C)c2cc(C)cc3c2B4c2cc(C(C)(C)C)ccc2N3c2cc3c(cc2C)C(C)(C)CCC3(C)C)c(C)c1. The Labute approximate surface area is 395 Å². The van der Waals surface area contributed by atoms with Crippen LogP contribution in [-0.4, -0.2) is 6.71 Å². The smallest absolute Gasteiger partial charge is 0.297 e. The van der Waals surface area contributed by atoms with Gasteiger partial charge >= 0.3 is 0 Å². The first kappa shape index (κ1) is 43.1. The number of nitrogens with zero attached hydrogens (tertiary/aromatic N) is 2. The van der Waals surface area contributed by atoms with Crippen LogP contribution in [0.25, 0.3) is 22.1 Å². The predicted octanol–water partition coefficient (Wildman–Crippen LogP) is 15.4. The second-order valence-corrected chi connectivity index (χ2v) is 24.6. The van der Waals surface area contributed by atoms with Gasteiger partial charge in [0, 0.05) is 33.8 Å². The zero-order valence-corrected chi connectivity index (χ0v) is 42.4. The van der Waals surface area contributed by atoms with Crippen molar-refractivity contribution in [2.75, 3.05) is 9.80 Å². The fourth-order valence-electron chi connectivity index (χ4n) is 12.6. The van der Waals surface area contributed by atoms with Crippen LogP contribution >= 0.6 is 0 Å². The highest BCUT2D eigenvalue weighted by Crippen LogP contribution is 2.54. The highest BCUT2D eigenvalue weighted by molar-refractivity contribution is 7.00. The summed E-state index contributed by atoms with van der Waals surface area (Å²) < 4.78 is 7.46. The molecule has 4 aliphatic rings. The molecule has 11 rings (SSSR count). The highest BCUT2D eigenvalue weighted by Gasteiger charge is 2.48. The zero-order chi connectivity index (χ0) is 46.8. The van der Waals surface area contributed by atoms with Crippen molar-refractivity contribution in [1.29, 1.82) is 0 Å². The first-order valence-corrected chi connectivity index (χ1v) is 24.8. The van der Waals surface area contributed by atoms with Gasteiger partial charge in [-0.1, -0.05) is 130 Å². The second kappa shape index (κ2) is 14.0. The van der Waals surface area contributed by atoms with Crippen LogP contribution in [0.5, 0.6) is 0 Å². The standard InChI is InChI=1S/C62H69BN2O/c1-36-16-20-43(38(3)28-36)40-17-23-54-44(32-40)56-57(66-54)63-49-33-41(58(5,6)7)18-22-50(49)65(51-35-48-46(31-39(51)4)60(10,11)26-27-62(48,14)15)53-30-37(2)29-52(55(53)63)64(56)42-19-21-45-47(34-42)61(12,13)25-24-59(45,8)9/h16-23,28-35H,24-27H2,1-15H3. The van der Waals surface area contributed by atoms with Crippen LogP contribution in [-0.2, 0) is 27.1 Å². The first-order valence-electron chi connectivity index (χ1n) is 24.8. The van der Waals surface area contributed by atoms with Crippen LogP contribution in [0.15, 0.2) is 101 Å². The van der Waals surface area contributed by atoms with Crippen molar-refractivity contribution in [3.8, 4) is 11.1 Å². The molecule has 0 saturated carbocycles. The molecule has 0 N–H and O–H groups in total. The minimum Gasteiger partial charge on any atom is -0.468 e. The van der Waals surface area contributed by atoms with Crippen LogP contribution in [0.1, 0.15) is 152 Å². The number of furan rings is 1. The molecular weight excluding hydrogens is 800 g/mol. The maximum atomic E-state index is 7.46. The number of hydrogen-bond donors (Lipinski definition) is 0. The Balaban J connectivity index is 1.25. The predicted molar refractivity (Wildman–Crippen MR) is 284 cm³/mol. The van der Waals surface area contributed by atoms with Crippen LogP contribution in [0.4, 0.5) is 34.1 Å². The monoisotopic (exact) mass is 869 g/mol. The van der Waals surface area contributed by atoms with Gasteiger partial charge in [-0.25, -0.2) is 0 Å². The molecule has 6 aromatic carbocycles. The molecule has 0 fully saturated rings. The molecule has 4 heteroatoms. The lowest BCUT2D eigenvalue weighted by atomic mass is 9.35. The van der Waals surface area contributed by atoms with Crippen molar-refractivity contribution in [2.45, 2.75) is 157 Å². The van der Waals surface area contributed by atoms with E-state index in [2.05, 4.69) is 211 Å². The fourth-order valence-corrected chi connectivity index (χ4v) is 12.6. The van der Waals surface area contributed by atoms with Gasteiger partial charge in [-0.15, -0.1) is 0 Å². The Kier molecular flexibility index (Phi) is 9.17. The van der Waals surface area contributed by atoms with E-state index in [0.29, 0.717) is 0 Å². The number of aryl methyl sites for hydroxylation is 4. The molecule has 1 aromatic heterocycles. The highest BCUT2D eigenvalue weighted by atomic mass is 16.3. The zero-order valence-electron chi connectivity index (χ0n) is 42.4.